The molecule has 0 radical (unpaired) electrons. The number of hydrogen-bond donors (Lipinski definition) is 2. The minimum Gasteiger partial charge on any atom is -0.396 e. The van der Waals surface area contributed by atoms with Crippen molar-refractivity contribution in [3.05, 3.63) is 0 Å². The first-order valence-electron chi connectivity index (χ1n) is 4.47. The van der Waals surface area contributed by atoms with Crippen molar-refractivity contribution in [3.63, 3.8) is 0 Å². The SMILES string of the molecule is OCCCC(F)(F)F.OCCCC(F)(F)F.[Ti]. The quantitative estimate of drug-likeness (QED) is 0.619. The fourth-order valence-corrected chi connectivity index (χ4v) is 0.559. The second kappa shape index (κ2) is 11.3. The van der Waals surface area contributed by atoms with Gasteiger partial charge in [0.25, 0.3) is 0 Å². The summed E-state index contributed by atoms with van der Waals surface area (Å²) in [7, 11) is 0. The van der Waals surface area contributed by atoms with Gasteiger partial charge in [-0.15, -0.1) is 0 Å². The molecule has 0 aliphatic heterocycles. The fraction of sp³-hybridized carbons (Fsp3) is 1.00. The molecule has 0 rings (SSSR count). The molecule has 0 aliphatic rings. The predicted octanol–water partition coefficient (Wildman–Crippen LogP) is 2.64. The average molecular weight is 304 g/mol. The number of rotatable bonds is 4. The van der Waals surface area contributed by atoms with Crippen LogP contribution in [0.15, 0.2) is 0 Å². The third-order valence-electron chi connectivity index (χ3n) is 1.24. The van der Waals surface area contributed by atoms with Crippen molar-refractivity contribution in [1.29, 1.82) is 0 Å². The van der Waals surface area contributed by atoms with Gasteiger partial charge >= 0.3 is 12.4 Å². The van der Waals surface area contributed by atoms with Crippen LogP contribution in [0.3, 0.4) is 0 Å². The number of alkyl halides is 6. The van der Waals surface area contributed by atoms with Crippen molar-refractivity contribution in [2.45, 2.75) is 38.0 Å². The molecule has 0 spiro atoms. The monoisotopic (exact) mass is 304 g/mol. The van der Waals surface area contributed by atoms with Crippen molar-refractivity contribution in [1.82, 2.24) is 0 Å². The molecule has 0 aromatic rings. The normalized spacial score (nSPS) is 11.3. The first-order valence-corrected chi connectivity index (χ1v) is 4.47. The molecule has 104 valence electrons. The molecular formula is C8H14F6O2Ti. The summed E-state index contributed by atoms with van der Waals surface area (Å²) in [5, 5.41) is 15.9. The van der Waals surface area contributed by atoms with Gasteiger partial charge in [0, 0.05) is 47.8 Å². The largest absolute Gasteiger partial charge is 0.396 e. The molecule has 0 aromatic carbocycles. The van der Waals surface area contributed by atoms with Gasteiger partial charge in [-0.3, -0.25) is 0 Å². The molecule has 0 amide bonds. The molecule has 0 unspecified atom stereocenters. The van der Waals surface area contributed by atoms with Crippen molar-refractivity contribution in [3.8, 4) is 0 Å². The van der Waals surface area contributed by atoms with E-state index in [0.717, 1.165) is 0 Å². The van der Waals surface area contributed by atoms with E-state index in [2.05, 4.69) is 0 Å². The van der Waals surface area contributed by atoms with Crippen LogP contribution in [-0.4, -0.2) is 35.8 Å². The van der Waals surface area contributed by atoms with Crippen LogP contribution in [0.5, 0.6) is 0 Å². The van der Waals surface area contributed by atoms with Crippen molar-refractivity contribution < 1.29 is 58.3 Å². The molecule has 0 aromatic heterocycles. The van der Waals surface area contributed by atoms with E-state index in [0.29, 0.717) is 0 Å². The van der Waals surface area contributed by atoms with E-state index in [1.807, 2.05) is 0 Å². The Morgan fingerprint density at radius 2 is 0.882 bits per heavy atom. The molecule has 0 bridgehead atoms. The summed E-state index contributed by atoms with van der Waals surface area (Å²) in [6.07, 6.45) is -10.4. The van der Waals surface area contributed by atoms with Gasteiger partial charge in [-0.25, -0.2) is 0 Å². The van der Waals surface area contributed by atoms with Crippen LogP contribution in [0, 0.1) is 0 Å². The van der Waals surface area contributed by atoms with Crippen LogP contribution < -0.4 is 0 Å². The minimum atomic E-state index is -4.11. The van der Waals surface area contributed by atoms with Gasteiger partial charge in [0.15, 0.2) is 0 Å². The number of aliphatic hydroxyl groups is 2. The van der Waals surface area contributed by atoms with Crippen LogP contribution in [0.25, 0.3) is 0 Å². The van der Waals surface area contributed by atoms with Gasteiger partial charge in [0.1, 0.15) is 0 Å². The predicted molar refractivity (Wildman–Crippen MR) is 44.7 cm³/mol. The van der Waals surface area contributed by atoms with Crippen LogP contribution in [0.2, 0.25) is 0 Å². The topological polar surface area (TPSA) is 40.5 Å². The van der Waals surface area contributed by atoms with Crippen LogP contribution in [0.4, 0.5) is 26.3 Å². The maximum atomic E-state index is 11.1. The summed E-state index contributed by atoms with van der Waals surface area (Å²) in [5.41, 5.74) is 0. The van der Waals surface area contributed by atoms with Gasteiger partial charge in [-0.1, -0.05) is 0 Å². The molecular weight excluding hydrogens is 290 g/mol. The zero-order chi connectivity index (χ0) is 13.2. The summed E-state index contributed by atoms with van der Waals surface area (Å²) < 4.78 is 66.8. The molecule has 0 heterocycles. The summed E-state index contributed by atoms with van der Waals surface area (Å²) >= 11 is 0. The standard InChI is InChI=1S/2C4H7F3O.Ti/c2*5-4(6,7)2-1-3-8;/h2*8H,1-3H2;. The van der Waals surface area contributed by atoms with E-state index in [1.165, 1.54) is 0 Å². The molecule has 0 saturated heterocycles. The van der Waals surface area contributed by atoms with Gasteiger partial charge in [0.2, 0.25) is 0 Å². The molecule has 0 atom stereocenters. The van der Waals surface area contributed by atoms with Gasteiger partial charge in [0.05, 0.1) is 0 Å². The molecule has 0 saturated carbocycles. The zero-order valence-corrected chi connectivity index (χ0v) is 10.5. The Bertz CT molecular complexity index is 141. The third-order valence-corrected chi connectivity index (χ3v) is 1.24. The molecule has 17 heavy (non-hydrogen) atoms. The second-order valence-electron chi connectivity index (χ2n) is 2.88. The smallest absolute Gasteiger partial charge is 0.389 e. The Kier molecular flexibility index (Phi) is 14.9. The molecule has 2 nitrogen and oxygen atoms in total. The van der Waals surface area contributed by atoms with Crippen molar-refractivity contribution in [2.24, 2.45) is 0 Å². The summed E-state index contributed by atoms with van der Waals surface area (Å²) in [5.74, 6) is 0. The maximum absolute atomic E-state index is 11.1. The van der Waals surface area contributed by atoms with Gasteiger partial charge < -0.3 is 10.2 Å². The molecule has 0 aliphatic carbocycles. The van der Waals surface area contributed by atoms with Crippen LogP contribution >= 0.6 is 0 Å². The summed E-state index contributed by atoms with van der Waals surface area (Å²) in [6, 6.07) is 0. The van der Waals surface area contributed by atoms with E-state index in [4.69, 9.17) is 10.2 Å². The molecule has 0 fully saturated rings. The van der Waals surface area contributed by atoms with E-state index in [9.17, 15) is 26.3 Å². The van der Waals surface area contributed by atoms with Crippen molar-refractivity contribution in [2.75, 3.05) is 13.2 Å². The zero-order valence-electron chi connectivity index (χ0n) is 8.90. The fourth-order valence-electron chi connectivity index (χ4n) is 0.559. The van der Waals surface area contributed by atoms with Crippen LogP contribution in [0.1, 0.15) is 25.7 Å². The number of halogens is 6. The molecule has 2 N–H and O–H groups in total. The maximum Gasteiger partial charge on any atom is 0.389 e. The Morgan fingerprint density at radius 3 is 0.941 bits per heavy atom. The summed E-state index contributed by atoms with van der Waals surface area (Å²) in [6.45, 7) is -0.779. The Morgan fingerprint density at radius 1 is 0.647 bits per heavy atom. The van der Waals surface area contributed by atoms with E-state index >= 15 is 0 Å². The van der Waals surface area contributed by atoms with Crippen LogP contribution in [-0.2, 0) is 21.7 Å². The van der Waals surface area contributed by atoms with Crippen molar-refractivity contribution >= 4 is 0 Å². The first kappa shape index (κ1) is 22.4. The number of hydrogen-bond acceptors (Lipinski definition) is 2. The third kappa shape index (κ3) is 31.4. The molecule has 9 heteroatoms. The Balaban J connectivity index is -0.000000218. The first-order chi connectivity index (χ1) is 7.12. The van der Waals surface area contributed by atoms with E-state index < -0.39 is 25.2 Å². The Hall–Kier alpha value is 0.214. The second-order valence-corrected chi connectivity index (χ2v) is 2.88. The number of aliphatic hydroxyl groups excluding tert-OH is 2. The van der Waals surface area contributed by atoms with Gasteiger partial charge in [-0.05, 0) is 12.8 Å². The Labute approximate surface area is 110 Å². The average Bonchev–Trinajstić information content (AvgIpc) is 2.10. The minimum absolute atomic E-state index is 0. The van der Waals surface area contributed by atoms with E-state index in [1.54, 1.807) is 0 Å². The summed E-state index contributed by atoms with van der Waals surface area (Å²) in [4.78, 5) is 0. The van der Waals surface area contributed by atoms with Gasteiger partial charge in [-0.2, -0.15) is 26.3 Å². The van der Waals surface area contributed by atoms with E-state index in [-0.39, 0.29) is 47.8 Å².